The Labute approximate surface area is 197 Å². The summed E-state index contributed by atoms with van der Waals surface area (Å²) in [6.45, 7) is 2.74. The lowest BCUT2D eigenvalue weighted by Gasteiger charge is -2.25. The van der Waals surface area contributed by atoms with E-state index in [2.05, 4.69) is 15.6 Å². The number of ether oxygens (including phenoxy) is 1. The van der Waals surface area contributed by atoms with Crippen LogP contribution in [0.1, 0.15) is 10.4 Å². The van der Waals surface area contributed by atoms with E-state index < -0.39 is 10.0 Å². The van der Waals surface area contributed by atoms with Gasteiger partial charge in [0.15, 0.2) is 5.96 Å². The zero-order chi connectivity index (χ0) is 20.0. The molecule has 0 radical (unpaired) electrons. The number of aliphatic imine (C=N–C) groups is 1. The highest BCUT2D eigenvalue weighted by Gasteiger charge is 2.27. The van der Waals surface area contributed by atoms with Crippen LogP contribution in [0.25, 0.3) is 0 Å². The van der Waals surface area contributed by atoms with Crippen molar-refractivity contribution in [3.8, 4) is 0 Å². The molecule has 1 aromatic heterocycles. The second-order valence-electron chi connectivity index (χ2n) is 6.15. The Balaban J connectivity index is 0.00000300. The van der Waals surface area contributed by atoms with Gasteiger partial charge in [-0.15, -0.1) is 35.3 Å². The fraction of sp³-hybridized carbons (Fsp3) is 0.389. The molecule has 1 aromatic carbocycles. The van der Waals surface area contributed by atoms with Crippen LogP contribution in [0.5, 0.6) is 0 Å². The average Bonchev–Trinajstić information content (AvgIpc) is 3.19. The molecule has 1 saturated heterocycles. The first-order chi connectivity index (χ1) is 13.5. The van der Waals surface area contributed by atoms with Crippen molar-refractivity contribution in [3.05, 3.63) is 51.9 Å². The van der Waals surface area contributed by atoms with Crippen LogP contribution in [0.4, 0.5) is 0 Å². The lowest BCUT2D eigenvalue weighted by atomic mass is 10.2. The number of hydrogen-bond acceptors (Lipinski definition) is 5. The van der Waals surface area contributed by atoms with Gasteiger partial charge in [-0.2, -0.15) is 4.31 Å². The summed E-state index contributed by atoms with van der Waals surface area (Å²) >= 11 is 7.27. The minimum absolute atomic E-state index is 0. The molecule has 29 heavy (non-hydrogen) atoms. The van der Waals surface area contributed by atoms with Gasteiger partial charge in [0.2, 0.25) is 0 Å². The smallest absolute Gasteiger partial charge is 0.252 e. The Morgan fingerprint density at radius 2 is 1.93 bits per heavy atom. The van der Waals surface area contributed by atoms with Crippen molar-refractivity contribution in [2.24, 2.45) is 4.99 Å². The van der Waals surface area contributed by atoms with Crippen LogP contribution in [-0.2, 0) is 27.8 Å². The maximum absolute atomic E-state index is 12.7. The number of guanidine groups is 1. The van der Waals surface area contributed by atoms with Crippen LogP contribution in [0.15, 0.2) is 45.6 Å². The average molecular weight is 571 g/mol. The quantitative estimate of drug-likeness (QED) is 0.317. The van der Waals surface area contributed by atoms with E-state index in [0.717, 1.165) is 10.4 Å². The van der Waals surface area contributed by atoms with Crippen molar-refractivity contribution >= 4 is 62.9 Å². The number of halogens is 2. The predicted molar refractivity (Wildman–Crippen MR) is 128 cm³/mol. The van der Waals surface area contributed by atoms with E-state index in [1.54, 1.807) is 13.1 Å². The van der Waals surface area contributed by atoms with Crippen LogP contribution in [0.3, 0.4) is 0 Å². The summed E-state index contributed by atoms with van der Waals surface area (Å²) in [5.41, 5.74) is 1.05. The first kappa shape index (κ1) is 24.4. The van der Waals surface area contributed by atoms with Gasteiger partial charge >= 0.3 is 0 Å². The minimum atomic E-state index is -3.45. The second kappa shape index (κ2) is 11.5. The van der Waals surface area contributed by atoms with Crippen LogP contribution in [0, 0.1) is 0 Å². The monoisotopic (exact) mass is 570 g/mol. The highest BCUT2D eigenvalue weighted by molar-refractivity contribution is 14.0. The first-order valence-electron chi connectivity index (χ1n) is 8.84. The normalized spacial score (nSPS) is 15.6. The maximum atomic E-state index is 12.7. The highest BCUT2D eigenvalue weighted by atomic mass is 127. The maximum Gasteiger partial charge on any atom is 0.252 e. The molecule has 2 aromatic rings. The van der Waals surface area contributed by atoms with Crippen molar-refractivity contribution in [3.63, 3.8) is 0 Å². The highest BCUT2D eigenvalue weighted by Crippen LogP contribution is 2.25. The van der Waals surface area contributed by atoms with Gasteiger partial charge in [0.05, 0.1) is 19.8 Å². The van der Waals surface area contributed by atoms with Crippen molar-refractivity contribution in [1.29, 1.82) is 0 Å². The Morgan fingerprint density at radius 3 is 2.62 bits per heavy atom. The molecule has 160 valence electrons. The second-order valence-corrected chi connectivity index (χ2v) is 9.92. The lowest BCUT2D eigenvalue weighted by Crippen LogP contribution is -2.40. The summed E-state index contributed by atoms with van der Waals surface area (Å²) in [4.78, 5) is 5.11. The van der Waals surface area contributed by atoms with Gasteiger partial charge in [0.1, 0.15) is 4.21 Å². The lowest BCUT2D eigenvalue weighted by molar-refractivity contribution is 0.0731. The topological polar surface area (TPSA) is 83.0 Å². The van der Waals surface area contributed by atoms with E-state index in [4.69, 9.17) is 16.3 Å². The van der Waals surface area contributed by atoms with Crippen LogP contribution in [-0.4, -0.2) is 52.0 Å². The molecule has 2 heterocycles. The molecule has 2 N–H and O–H groups in total. The van der Waals surface area contributed by atoms with Gasteiger partial charge in [-0.25, -0.2) is 8.42 Å². The molecule has 0 spiro atoms. The molecule has 7 nitrogen and oxygen atoms in total. The number of morpholine rings is 1. The summed E-state index contributed by atoms with van der Waals surface area (Å²) < 4.78 is 32.5. The number of hydrogen-bond donors (Lipinski definition) is 2. The summed E-state index contributed by atoms with van der Waals surface area (Å²) in [6.07, 6.45) is 0. The number of rotatable bonds is 6. The summed E-state index contributed by atoms with van der Waals surface area (Å²) in [5.74, 6) is 0.631. The fourth-order valence-corrected chi connectivity index (χ4v) is 5.80. The molecule has 0 unspecified atom stereocenters. The first-order valence-corrected chi connectivity index (χ1v) is 11.5. The zero-order valence-corrected chi connectivity index (χ0v) is 20.6. The van der Waals surface area contributed by atoms with Crippen molar-refractivity contribution in [2.75, 3.05) is 33.4 Å². The molecule has 0 bridgehead atoms. The van der Waals surface area contributed by atoms with Gasteiger partial charge in [-0.3, -0.25) is 4.99 Å². The van der Waals surface area contributed by atoms with E-state index in [-0.39, 0.29) is 24.0 Å². The number of thiophene rings is 1. The van der Waals surface area contributed by atoms with E-state index >= 15 is 0 Å². The van der Waals surface area contributed by atoms with E-state index in [1.807, 2.05) is 30.3 Å². The number of benzene rings is 1. The van der Waals surface area contributed by atoms with Gasteiger partial charge in [-0.1, -0.05) is 23.7 Å². The summed E-state index contributed by atoms with van der Waals surface area (Å²) in [6, 6.07) is 11.1. The van der Waals surface area contributed by atoms with Gasteiger partial charge in [0, 0.05) is 36.6 Å². The largest absolute Gasteiger partial charge is 0.379 e. The molecule has 11 heteroatoms. The minimum Gasteiger partial charge on any atom is -0.379 e. The number of sulfonamides is 1. The Bertz CT molecular complexity index is 931. The SMILES string of the molecule is CN=C(NCc1cccc(Cl)c1)NCc1ccc(S(=O)(=O)N2CCOCC2)s1.I. The van der Waals surface area contributed by atoms with E-state index in [1.165, 1.54) is 15.6 Å². The third kappa shape index (κ3) is 6.79. The third-order valence-corrected chi connectivity index (χ3v) is 7.89. The molecule has 1 aliphatic heterocycles. The number of nitrogens with one attached hydrogen (secondary N) is 2. The van der Waals surface area contributed by atoms with Crippen LogP contribution < -0.4 is 10.6 Å². The Hall–Kier alpha value is -0.920. The molecule has 0 amide bonds. The Kier molecular flexibility index (Phi) is 9.63. The standard InChI is InChI=1S/C18H23ClN4O3S2.HI/c1-20-18(21-12-14-3-2-4-15(19)11-14)22-13-16-5-6-17(27-16)28(24,25)23-7-9-26-10-8-23;/h2-6,11H,7-10,12-13H2,1H3,(H2,20,21,22);1H. The van der Waals surface area contributed by atoms with Crippen molar-refractivity contribution < 1.29 is 13.2 Å². The number of nitrogens with zero attached hydrogens (tertiary/aromatic N) is 2. The van der Waals surface area contributed by atoms with Crippen molar-refractivity contribution in [2.45, 2.75) is 17.3 Å². The Morgan fingerprint density at radius 1 is 1.21 bits per heavy atom. The molecular formula is C18H24ClIN4O3S2. The van der Waals surface area contributed by atoms with Gasteiger partial charge in [0.25, 0.3) is 10.0 Å². The molecule has 3 rings (SSSR count). The molecule has 1 aliphatic rings. The van der Waals surface area contributed by atoms with E-state index in [0.29, 0.717) is 54.6 Å². The van der Waals surface area contributed by atoms with Gasteiger partial charge in [-0.05, 0) is 29.8 Å². The summed E-state index contributed by atoms with van der Waals surface area (Å²) in [7, 11) is -1.76. The fourth-order valence-electron chi connectivity index (χ4n) is 2.73. The summed E-state index contributed by atoms with van der Waals surface area (Å²) in [5, 5.41) is 7.11. The molecule has 0 atom stereocenters. The molecule has 1 fully saturated rings. The zero-order valence-electron chi connectivity index (χ0n) is 15.9. The van der Waals surface area contributed by atoms with Crippen LogP contribution in [0.2, 0.25) is 5.02 Å². The molecule has 0 saturated carbocycles. The molecule has 0 aliphatic carbocycles. The molecular weight excluding hydrogens is 547 g/mol. The predicted octanol–water partition coefficient (Wildman–Crippen LogP) is 2.91. The van der Waals surface area contributed by atoms with E-state index in [9.17, 15) is 8.42 Å². The van der Waals surface area contributed by atoms with Crippen LogP contribution >= 0.6 is 46.9 Å². The van der Waals surface area contributed by atoms with Gasteiger partial charge < -0.3 is 15.4 Å². The third-order valence-electron chi connectivity index (χ3n) is 4.20. The van der Waals surface area contributed by atoms with Crippen molar-refractivity contribution in [1.82, 2.24) is 14.9 Å².